The number of Topliss-reactive ketones (excluding diaryl/α,β-unsaturated/α-hetero) is 1. The van der Waals surface area contributed by atoms with E-state index in [2.05, 4.69) is 0 Å². The van der Waals surface area contributed by atoms with Crippen LogP contribution in [0.3, 0.4) is 0 Å². The third-order valence-electron chi connectivity index (χ3n) is 4.42. The third kappa shape index (κ3) is 3.47. The van der Waals surface area contributed by atoms with Crippen molar-refractivity contribution in [1.29, 1.82) is 0 Å². The number of non-ortho nitro benzene ring substituents is 1. The molecule has 0 saturated carbocycles. The molecule has 1 aliphatic heterocycles. The number of β-amino-alcohol motifs (C(OH)–C–C–N with tert-alkyl or cyclic N) is 1. The molecular weight excluding hydrogens is 388 g/mol. The van der Waals surface area contributed by atoms with Gasteiger partial charge in [0.05, 0.1) is 23.1 Å². The fourth-order valence-corrected chi connectivity index (χ4v) is 3.23. The van der Waals surface area contributed by atoms with Gasteiger partial charge in [-0.15, -0.1) is 0 Å². The van der Waals surface area contributed by atoms with Crippen LogP contribution >= 0.6 is 11.6 Å². The Morgan fingerprint density at radius 3 is 2.25 bits per heavy atom. The number of carbonyl (C=O) groups excluding carboxylic acids is 2. The minimum atomic E-state index is -0.983. The number of carbonyl (C=O) groups is 2. The maximum Gasteiger partial charge on any atom is 0.295 e. The van der Waals surface area contributed by atoms with Crippen LogP contribution in [0.2, 0.25) is 5.02 Å². The Bertz CT molecular complexity index is 969. The zero-order valence-electron chi connectivity index (χ0n) is 14.4. The van der Waals surface area contributed by atoms with E-state index in [0.29, 0.717) is 16.1 Å². The molecule has 0 aromatic heterocycles. The first-order chi connectivity index (χ1) is 13.3. The molecule has 0 radical (unpaired) electrons. The molecule has 1 atom stereocenters. The van der Waals surface area contributed by atoms with E-state index in [1.807, 2.05) is 0 Å². The van der Waals surface area contributed by atoms with E-state index in [-0.39, 0.29) is 23.6 Å². The molecule has 1 heterocycles. The van der Waals surface area contributed by atoms with Gasteiger partial charge in [0.25, 0.3) is 17.4 Å². The van der Waals surface area contributed by atoms with Crippen molar-refractivity contribution in [3.05, 3.63) is 80.4 Å². The van der Waals surface area contributed by atoms with E-state index < -0.39 is 29.3 Å². The minimum absolute atomic E-state index is 0.135. The van der Waals surface area contributed by atoms with Gasteiger partial charge in [-0.05, 0) is 42.0 Å². The maximum absolute atomic E-state index is 12.6. The van der Waals surface area contributed by atoms with E-state index in [1.165, 1.54) is 48.5 Å². The lowest BCUT2D eigenvalue weighted by molar-refractivity contribution is -0.384. The van der Waals surface area contributed by atoms with Crippen molar-refractivity contribution in [1.82, 2.24) is 4.90 Å². The van der Waals surface area contributed by atoms with Gasteiger partial charge >= 0.3 is 0 Å². The number of likely N-dealkylation sites (tertiary alicyclic amines) is 1. The second kappa shape index (κ2) is 7.79. The molecule has 1 amide bonds. The van der Waals surface area contributed by atoms with E-state index in [9.17, 15) is 29.9 Å². The standard InChI is InChI=1S/C19H15ClN2O6/c20-13-5-1-12(2-6-13)17(24)15-16(21(9-10-23)19(26)18(15)25)11-3-7-14(8-4-11)22(27)28/h1-8,16,23-24H,9-10H2/b17-15+. The summed E-state index contributed by atoms with van der Waals surface area (Å²) in [5.74, 6) is -2.16. The number of benzene rings is 2. The van der Waals surface area contributed by atoms with Gasteiger partial charge in [0.15, 0.2) is 0 Å². The summed E-state index contributed by atoms with van der Waals surface area (Å²) in [6, 6.07) is 10.4. The first-order valence-electron chi connectivity index (χ1n) is 8.24. The zero-order valence-corrected chi connectivity index (χ0v) is 15.2. The molecule has 28 heavy (non-hydrogen) atoms. The van der Waals surface area contributed by atoms with Crippen LogP contribution in [0.25, 0.3) is 5.76 Å². The first-order valence-corrected chi connectivity index (χ1v) is 8.62. The number of hydrogen-bond acceptors (Lipinski definition) is 6. The van der Waals surface area contributed by atoms with Crippen molar-refractivity contribution in [3.8, 4) is 0 Å². The summed E-state index contributed by atoms with van der Waals surface area (Å²) in [6.45, 7) is -0.527. The third-order valence-corrected chi connectivity index (χ3v) is 4.67. The minimum Gasteiger partial charge on any atom is -0.507 e. The highest BCUT2D eigenvalue weighted by atomic mass is 35.5. The molecule has 2 N–H and O–H groups in total. The lowest BCUT2D eigenvalue weighted by atomic mass is 9.95. The number of rotatable bonds is 5. The SMILES string of the molecule is O=C1C(=O)N(CCO)C(c2ccc([N+](=O)[O-])cc2)/C1=C(\O)c1ccc(Cl)cc1. The number of halogens is 1. The van der Waals surface area contributed by atoms with Crippen LogP contribution in [-0.2, 0) is 9.59 Å². The number of nitrogens with zero attached hydrogens (tertiary/aromatic N) is 2. The summed E-state index contributed by atoms with van der Waals surface area (Å²) in [6.07, 6.45) is 0. The van der Waals surface area contributed by atoms with Gasteiger partial charge in [-0.2, -0.15) is 0 Å². The van der Waals surface area contributed by atoms with Crippen molar-refractivity contribution in [3.63, 3.8) is 0 Å². The summed E-state index contributed by atoms with van der Waals surface area (Å²) >= 11 is 5.85. The zero-order chi connectivity index (χ0) is 20.4. The van der Waals surface area contributed by atoms with E-state index in [4.69, 9.17) is 11.6 Å². The van der Waals surface area contributed by atoms with Gasteiger partial charge in [0.1, 0.15) is 5.76 Å². The van der Waals surface area contributed by atoms with Crippen LogP contribution in [0.4, 0.5) is 5.69 Å². The molecule has 2 aromatic carbocycles. The number of aliphatic hydroxyl groups excluding tert-OH is 2. The summed E-state index contributed by atoms with van der Waals surface area (Å²) in [5, 5.41) is 31.3. The van der Waals surface area contributed by atoms with Gasteiger partial charge in [0, 0.05) is 29.3 Å². The molecule has 144 valence electrons. The smallest absolute Gasteiger partial charge is 0.295 e. The van der Waals surface area contributed by atoms with Crippen molar-refractivity contribution in [2.75, 3.05) is 13.2 Å². The van der Waals surface area contributed by atoms with Gasteiger partial charge in [-0.3, -0.25) is 19.7 Å². The van der Waals surface area contributed by atoms with Crippen molar-refractivity contribution < 1.29 is 24.7 Å². The quantitative estimate of drug-likeness (QED) is 0.261. The van der Waals surface area contributed by atoms with Gasteiger partial charge in [-0.25, -0.2) is 0 Å². The predicted octanol–water partition coefficient (Wildman–Crippen LogP) is 2.66. The van der Waals surface area contributed by atoms with E-state index in [1.54, 1.807) is 0 Å². The van der Waals surface area contributed by atoms with Crippen LogP contribution in [0, 0.1) is 10.1 Å². The molecule has 1 saturated heterocycles. The Morgan fingerprint density at radius 1 is 1.11 bits per heavy atom. The number of amides is 1. The van der Waals surface area contributed by atoms with Crippen LogP contribution in [0.5, 0.6) is 0 Å². The molecule has 3 rings (SSSR count). The summed E-state index contributed by atoms with van der Waals surface area (Å²) in [7, 11) is 0. The van der Waals surface area contributed by atoms with Crippen molar-refractivity contribution in [2.24, 2.45) is 0 Å². The number of ketones is 1. The summed E-state index contributed by atoms with van der Waals surface area (Å²) in [4.78, 5) is 36.5. The number of hydrogen-bond donors (Lipinski definition) is 2. The molecule has 1 fully saturated rings. The normalized spacial score (nSPS) is 18.5. The molecule has 1 aliphatic rings. The number of nitro benzene ring substituents is 1. The Labute approximate surface area is 164 Å². The molecule has 8 nitrogen and oxygen atoms in total. The fraction of sp³-hybridized carbons (Fsp3) is 0.158. The van der Waals surface area contributed by atoms with Crippen LogP contribution in [0.15, 0.2) is 54.1 Å². The molecule has 1 unspecified atom stereocenters. The summed E-state index contributed by atoms with van der Waals surface area (Å²) < 4.78 is 0. The van der Waals surface area contributed by atoms with Crippen LogP contribution in [0.1, 0.15) is 17.2 Å². The monoisotopic (exact) mass is 402 g/mol. The molecule has 0 aliphatic carbocycles. The Morgan fingerprint density at radius 2 is 1.71 bits per heavy atom. The maximum atomic E-state index is 12.6. The number of aliphatic hydroxyl groups is 2. The lowest BCUT2D eigenvalue weighted by Crippen LogP contribution is -2.32. The topological polar surface area (TPSA) is 121 Å². The van der Waals surface area contributed by atoms with E-state index in [0.717, 1.165) is 4.90 Å². The highest BCUT2D eigenvalue weighted by Crippen LogP contribution is 2.39. The number of nitro groups is 1. The largest absolute Gasteiger partial charge is 0.507 e. The molecular formula is C19H15ClN2O6. The first kappa shape index (κ1) is 19.5. The summed E-state index contributed by atoms with van der Waals surface area (Å²) in [5.41, 5.74) is 0.377. The molecule has 9 heteroatoms. The van der Waals surface area contributed by atoms with Gasteiger partial charge in [-0.1, -0.05) is 11.6 Å². The average molecular weight is 403 g/mol. The van der Waals surface area contributed by atoms with Crippen molar-refractivity contribution in [2.45, 2.75) is 6.04 Å². The molecule has 2 aromatic rings. The highest BCUT2D eigenvalue weighted by molar-refractivity contribution is 6.46. The Kier molecular flexibility index (Phi) is 5.43. The predicted molar refractivity (Wildman–Crippen MR) is 101 cm³/mol. The Hall–Kier alpha value is -3.23. The fourth-order valence-electron chi connectivity index (χ4n) is 3.11. The average Bonchev–Trinajstić information content (AvgIpc) is 2.93. The second-order valence-corrected chi connectivity index (χ2v) is 6.51. The molecule has 0 spiro atoms. The van der Waals surface area contributed by atoms with Crippen LogP contribution < -0.4 is 0 Å². The highest BCUT2D eigenvalue weighted by Gasteiger charge is 2.45. The van der Waals surface area contributed by atoms with E-state index >= 15 is 0 Å². The lowest BCUT2D eigenvalue weighted by Gasteiger charge is -2.24. The molecule has 0 bridgehead atoms. The van der Waals surface area contributed by atoms with Crippen molar-refractivity contribution >= 4 is 34.7 Å². The van der Waals surface area contributed by atoms with Gasteiger partial charge in [0.2, 0.25) is 0 Å². The van der Waals surface area contributed by atoms with Gasteiger partial charge < -0.3 is 15.1 Å². The van der Waals surface area contributed by atoms with Crippen LogP contribution in [-0.4, -0.2) is 44.9 Å². The Balaban J connectivity index is 2.15. The second-order valence-electron chi connectivity index (χ2n) is 6.07.